The van der Waals surface area contributed by atoms with Crippen molar-refractivity contribution >= 4 is 24.6 Å². The fourth-order valence-corrected chi connectivity index (χ4v) is 3.62. The number of alkyl halides is 1. The highest BCUT2D eigenvalue weighted by molar-refractivity contribution is 6.62. The number of hydrogen-bond donors (Lipinski definition) is 2. The molecule has 1 aromatic rings. The van der Waals surface area contributed by atoms with Crippen molar-refractivity contribution < 1.29 is 32.8 Å². The minimum Gasteiger partial charge on any atom is -0.465 e. The summed E-state index contributed by atoms with van der Waals surface area (Å²) in [6.45, 7) is 8.62. The van der Waals surface area contributed by atoms with Crippen LogP contribution < -0.4 is 10.8 Å². The molecule has 2 aliphatic rings. The number of nitrogens with zero attached hydrogens (tertiary/aromatic N) is 1. The van der Waals surface area contributed by atoms with E-state index in [-0.39, 0.29) is 24.1 Å². The van der Waals surface area contributed by atoms with E-state index in [0.717, 1.165) is 4.90 Å². The standard InChI is InChI=1S/C20H27BF2N2O5/c1-6-11-7-8-12(21-29-19(2,3)20(4,5)30-21)16(23)15(11)17(26)24-14-10-25(18(27)28)9-13(14)22/h7-8,13-14H,6,9-10H2,1-5H3,(H,24,26)(H,27,28)/t13-,14+/m0/s1. The van der Waals surface area contributed by atoms with E-state index in [1.165, 1.54) is 6.07 Å². The van der Waals surface area contributed by atoms with Crippen molar-refractivity contribution in [2.45, 2.75) is 64.5 Å². The molecule has 0 bridgehead atoms. The Hall–Kier alpha value is -2.20. The molecule has 3 rings (SSSR count). The normalized spacial score (nSPS) is 24.9. The topological polar surface area (TPSA) is 88.1 Å². The maximum absolute atomic E-state index is 15.5. The van der Waals surface area contributed by atoms with Crippen LogP contribution in [0.25, 0.3) is 0 Å². The van der Waals surface area contributed by atoms with Crippen LogP contribution in [0.15, 0.2) is 12.1 Å². The minimum atomic E-state index is -1.57. The van der Waals surface area contributed by atoms with E-state index in [9.17, 15) is 14.0 Å². The molecule has 2 N–H and O–H groups in total. The van der Waals surface area contributed by atoms with Crippen molar-refractivity contribution in [2.75, 3.05) is 13.1 Å². The van der Waals surface area contributed by atoms with Crippen molar-refractivity contribution in [3.63, 3.8) is 0 Å². The molecule has 0 spiro atoms. The Labute approximate surface area is 174 Å². The average molecular weight is 424 g/mol. The van der Waals surface area contributed by atoms with E-state index in [1.807, 2.05) is 27.7 Å². The molecule has 0 saturated carbocycles. The minimum absolute atomic E-state index is 0.0892. The van der Waals surface area contributed by atoms with Gasteiger partial charge in [-0.1, -0.05) is 19.1 Å². The lowest BCUT2D eigenvalue weighted by molar-refractivity contribution is 0.00578. The smallest absolute Gasteiger partial charge is 0.465 e. The van der Waals surface area contributed by atoms with Crippen molar-refractivity contribution in [1.29, 1.82) is 0 Å². The van der Waals surface area contributed by atoms with Crippen LogP contribution in [-0.4, -0.2) is 65.6 Å². The molecule has 0 aromatic heterocycles. The van der Waals surface area contributed by atoms with Gasteiger partial charge in [0.1, 0.15) is 12.0 Å². The third-order valence-corrected chi connectivity index (χ3v) is 6.21. The van der Waals surface area contributed by atoms with Gasteiger partial charge in [-0.25, -0.2) is 13.6 Å². The molecule has 2 atom stereocenters. The second-order valence-corrected chi connectivity index (χ2v) is 8.73. The molecule has 0 radical (unpaired) electrons. The first-order valence-corrected chi connectivity index (χ1v) is 9.97. The third kappa shape index (κ3) is 3.90. The molecule has 2 heterocycles. The average Bonchev–Trinajstić information content (AvgIpc) is 3.10. The predicted octanol–water partition coefficient (Wildman–Crippen LogP) is 2.12. The van der Waals surface area contributed by atoms with Crippen molar-refractivity contribution in [2.24, 2.45) is 0 Å². The summed E-state index contributed by atoms with van der Waals surface area (Å²) in [5.41, 5.74) is -1.02. The van der Waals surface area contributed by atoms with E-state index < -0.39 is 48.4 Å². The van der Waals surface area contributed by atoms with Gasteiger partial charge in [0.05, 0.1) is 29.4 Å². The number of likely N-dealkylation sites (tertiary alicyclic amines) is 1. The Bertz CT molecular complexity index is 848. The Morgan fingerprint density at radius 2 is 1.83 bits per heavy atom. The molecule has 164 valence electrons. The summed E-state index contributed by atoms with van der Waals surface area (Å²) in [4.78, 5) is 24.8. The Morgan fingerprint density at radius 1 is 1.23 bits per heavy atom. The number of carboxylic acid groups (broad SMARTS) is 1. The summed E-state index contributed by atoms with van der Waals surface area (Å²) >= 11 is 0. The first kappa shape index (κ1) is 22.5. The van der Waals surface area contributed by atoms with Gasteiger partial charge in [0.25, 0.3) is 5.91 Å². The second-order valence-electron chi connectivity index (χ2n) is 8.73. The third-order valence-electron chi connectivity index (χ3n) is 6.21. The Kier molecular flexibility index (Phi) is 5.86. The fourth-order valence-electron chi connectivity index (χ4n) is 3.62. The van der Waals surface area contributed by atoms with Gasteiger partial charge in [-0.2, -0.15) is 0 Å². The van der Waals surface area contributed by atoms with Gasteiger partial charge < -0.3 is 24.6 Å². The van der Waals surface area contributed by atoms with Gasteiger partial charge in [-0.05, 0) is 39.7 Å². The van der Waals surface area contributed by atoms with Gasteiger partial charge in [-0.3, -0.25) is 4.79 Å². The summed E-state index contributed by atoms with van der Waals surface area (Å²) < 4.78 is 41.5. The highest BCUT2D eigenvalue weighted by atomic mass is 19.1. The van der Waals surface area contributed by atoms with Crippen LogP contribution in [0, 0.1) is 5.82 Å². The zero-order chi connectivity index (χ0) is 22.4. The van der Waals surface area contributed by atoms with Crippen LogP contribution in [0.3, 0.4) is 0 Å². The summed E-state index contributed by atoms with van der Waals surface area (Å²) in [5.74, 6) is -1.57. The number of aryl methyl sites for hydroxylation is 1. The van der Waals surface area contributed by atoms with Gasteiger partial charge >= 0.3 is 13.2 Å². The number of halogens is 2. The lowest BCUT2D eigenvalue weighted by atomic mass is 9.76. The van der Waals surface area contributed by atoms with E-state index in [4.69, 9.17) is 14.4 Å². The number of hydrogen-bond acceptors (Lipinski definition) is 4. The molecule has 0 aliphatic carbocycles. The summed E-state index contributed by atoms with van der Waals surface area (Å²) in [6.07, 6.45) is -2.45. The molecule has 2 amide bonds. The van der Waals surface area contributed by atoms with Crippen molar-refractivity contribution in [1.82, 2.24) is 10.2 Å². The number of amides is 2. The largest absolute Gasteiger partial charge is 0.497 e. The Morgan fingerprint density at radius 3 is 2.33 bits per heavy atom. The van der Waals surface area contributed by atoms with Gasteiger partial charge in [0.15, 0.2) is 0 Å². The van der Waals surface area contributed by atoms with Crippen LogP contribution in [0.1, 0.15) is 50.5 Å². The predicted molar refractivity (Wildman–Crippen MR) is 107 cm³/mol. The van der Waals surface area contributed by atoms with E-state index in [1.54, 1.807) is 13.0 Å². The van der Waals surface area contributed by atoms with Gasteiger partial charge in [0, 0.05) is 12.0 Å². The molecular formula is C20H27BF2N2O5. The maximum Gasteiger partial charge on any atom is 0.497 e. The van der Waals surface area contributed by atoms with Crippen molar-refractivity contribution in [3.05, 3.63) is 29.1 Å². The number of benzene rings is 1. The summed E-state index contributed by atoms with van der Waals surface area (Å²) in [7, 11) is -0.990. The summed E-state index contributed by atoms with van der Waals surface area (Å²) in [6, 6.07) is 2.12. The molecule has 0 unspecified atom stereocenters. The van der Waals surface area contributed by atoms with E-state index in [0.29, 0.717) is 12.0 Å². The molecule has 7 nitrogen and oxygen atoms in total. The SMILES string of the molecule is CCc1ccc(B2OC(C)(C)C(C)(C)O2)c(F)c1C(=O)N[C@@H]1CN(C(=O)O)C[C@@H]1F. The zero-order valence-electron chi connectivity index (χ0n) is 17.8. The highest BCUT2D eigenvalue weighted by Gasteiger charge is 2.52. The Balaban J connectivity index is 1.89. The molecular weight excluding hydrogens is 397 g/mol. The fraction of sp³-hybridized carbons (Fsp3) is 0.600. The van der Waals surface area contributed by atoms with E-state index in [2.05, 4.69) is 5.32 Å². The monoisotopic (exact) mass is 424 g/mol. The first-order valence-electron chi connectivity index (χ1n) is 9.97. The number of carbonyl (C=O) groups is 2. The molecule has 2 saturated heterocycles. The van der Waals surface area contributed by atoms with Crippen LogP contribution in [-0.2, 0) is 15.7 Å². The van der Waals surface area contributed by atoms with E-state index >= 15 is 4.39 Å². The molecule has 10 heteroatoms. The molecule has 2 aliphatic heterocycles. The van der Waals surface area contributed by atoms with Gasteiger partial charge in [0.2, 0.25) is 0 Å². The van der Waals surface area contributed by atoms with Gasteiger partial charge in [-0.15, -0.1) is 0 Å². The second kappa shape index (κ2) is 7.81. The molecule has 2 fully saturated rings. The molecule has 1 aromatic carbocycles. The maximum atomic E-state index is 15.5. The lowest BCUT2D eigenvalue weighted by Crippen LogP contribution is -2.44. The van der Waals surface area contributed by atoms with Crippen LogP contribution in [0.5, 0.6) is 0 Å². The van der Waals surface area contributed by atoms with Crippen LogP contribution in [0.2, 0.25) is 0 Å². The lowest BCUT2D eigenvalue weighted by Gasteiger charge is -2.32. The quantitative estimate of drug-likeness (QED) is 0.724. The molecule has 30 heavy (non-hydrogen) atoms. The zero-order valence-corrected chi connectivity index (χ0v) is 17.8. The number of nitrogens with one attached hydrogen (secondary N) is 1. The van der Waals surface area contributed by atoms with Crippen LogP contribution >= 0.6 is 0 Å². The number of carbonyl (C=O) groups excluding carboxylic acids is 1. The summed E-state index contributed by atoms with van der Waals surface area (Å²) in [5, 5.41) is 11.5. The van der Waals surface area contributed by atoms with Crippen LogP contribution in [0.4, 0.5) is 13.6 Å². The highest BCUT2D eigenvalue weighted by Crippen LogP contribution is 2.37. The van der Waals surface area contributed by atoms with Crippen molar-refractivity contribution in [3.8, 4) is 0 Å². The number of rotatable bonds is 4. The first-order chi connectivity index (χ1) is 13.9.